The Labute approximate surface area is 216 Å². The first kappa shape index (κ1) is 26.0. The number of amides is 2. The van der Waals surface area contributed by atoms with Crippen LogP contribution in [0.2, 0.25) is 0 Å². The fraction of sp³-hybridized carbons (Fsp3) is 0.345. The largest absolute Gasteiger partial charge is 0.493 e. The lowest BCUT2D eigenvalue weighted by Crippen LogP contribution is -2.47. The average Bonchev–Trinajstić information content (AvgIpc) is 3.47. The Morgan fingerprint density at radius 1 is 0.946 bits per heavy atom. The quantitative estimate of drug-likeness (QED) is 0.395. The Bertz CT molecular complexity index is 1230. The van der Waals surface area contributed by atoms with E-state index >= 15 is 0 Å². The van der Waals surface area contributed by atoms with Crippen molar-refractivity contribution in [3.63, 3.8) is 0 Å². The van der Waals surface area contributed by atoms with Crippen LogP contribution in [0.4, 0.5) is 5.69 Å². The number of ether oxygens (including phenoxy) is 2. The smallest absolute Gasteiger partial charge is 0.294 e. The van der Waals surface area contributed by atoms with Gasteiger partial charge in [-0.2, -0.15) is 0 Å². The van der Waals surface area contributed by atoms with Crippen LogP contribution in [0.3, 0.4) is 0 Å². The van der Waals surface area contributed by atoms with Crippen molar-refractivity contribution in [2.24, 2.45) is 0 Å². The van der Waals surface area contributed by atoms with Crippen LogP contribution < -0.4 is 19.7 Å². The van der Waals surface area contributed by atoms with Gasteiger partial charge in [-0.15, -0.1) is 0 Å². The van der Waals surface area contributed by atoms with Crippen molar-refractivity contribution >= 4 is 23.3 Å². The van der Waals surface area contributed by atoms with Crippen LogP contribution in [0.25, 0.3) is 0 Å². The summed E-state index contributed by atoms with van der Waals surface area (Å²) in [6, 6.07) is 14.0. The zero-order chi connectivity index (χ0) is 26.4. The lowest BCUT2D eigenvalue weighted by atomic mass is 9.94. The number of rotatable bonds is 9. The molecule has 1 fully saturated rings. The second-order valence-corrected chi connectivity index (χ2v) is 9.12. The molecule has 37 heavy (non-hydrogen) atoms. The number of anilines is 1. The summed E-state index contributed by atoms with van der Waals surface area (Å²) in [6.07, 6.45) is 6.45. The monoisotopic (exact) mass is 504 g/mol. The van der Waals surface area contributed by atoms with Crippen LogP contribution >= 0.6 is 0 Å². The van der Waals surface area contributed by atoms with E-state index in [9.17, 15) is 14.4 Å². The standard InChI is InChI=1S/C29H32N2O6/c1-19(32)20-11-14-23(15-12-20)31(29(34)25-10-7-17-37-25)27(28(33)30-22-8-5-4-6-9-22)21-13-16-24(35-2)26(18-21)36-3/h7,10-18,22,27H,4-6,8-9H2,1-3H3,(H,30,33)/t27-/m0/s1. The molecule has 1 N–H and O–H groups in total. The molecule has 2 amide bonds. The molecule has 1 saturated carbocycles. The van der Waals surface area contributed by atoms with Gasteiger partial charge in [-0.1, -0.05) is 25.3 Å². The van der Waals surface area contributed by atoms with E-state index in [0.717, 1.165) is 32.1 Å². The van der Waals surface area contributed by atoms with Crippen LogP contribution in [0.5, 0.6) is 11.5 Å². The van der Waals surface area contributed by atoms with Gasteiger partial charge in [-0.3, -0.25) is 19.3 Å². The van der Waals surface area contributed by atoms with Crippen LogP contribution in [0, 0.1) is 0 Å². The number of furan rings is 1. The number of benzene rings is 2. The normalized spacial score (nSPS) is 14.5. The fourth-order valence-electron chi connectivity index (χ4n) is 4.73. The van der Waals surface area contributed by atoms with E-state index in [1.165, 1.54) is 32.3 Å². The van der Waals surface area contributed by atoms with Crippen LogP contribution in [0.1, 0.15) is 71.5 Å². The van der Waals surface area contributed by atoms with Crippen molar-refractivity contribution in [3.05, 3.63) is 77.7 Å². The fourth-order valence-corrected chi connectivity index (χ4v) is 4.73. The minimum atomic E-state index is -1.04. The van der Waals surface area contributed by atoms with Crippen molar-refractivity contribution in [2.45, 2.75) is 51.1 Å². The summed E-state index contributed by atoms with van der Waals surface area (Å²) in [4.78, 5) is 41.1. The summed E-state index contributed by atoms with van der Waals surface area (Å²) in [5.41, 5.74) is 1.50. The minimum absolute atomic E-state index is 0.0320. The maximum absolute atomic E-state index is 14.0. The van der Waals surface area contributed by atoms with E-state index in [1.807, 2.05) is 0 Å². The maximum Gasteiger partial charge on any atom is 0.294 e. The Hall–Kier alpha value is -4.07. The summed E-state index contributed by atoms with van der Waals surface area (Å²) >= 11 is 0. The minimum Gasteiger partial charge on any atom is -0.493 e. The van der Waals surface area contributed by atoms with Crippen molar-refractivity contribution < 1.29 is 28.3 Å². The summed E-state index contributed by atoms with van der Waals surface area (Å²) in [5, 5.41) is 3.17. The molecule has 194 valence electrons. The number of nitrogens with one attached hydrogen (secondary N) is 1. The second kappa shape index (κ2) is 11.8. The lowest BCUT2D eigenvalue weighted by Gasteiger charge is -2.33. The topological polar surface area (TPSA) is 98.1 Å². The number of hydrogen-bond donors (Lipinski definition) is 1. The van der Waals surface area contributed by atoms with Gasteiger partial charge in [0.1, 0.15) is 6.04 Å². The number of ketones is 1. The van der Waals surface area contributed by atoms with E-state index in [2.05, 4.69) is 5.32 Å². The molecule has 1 aliphatic carbocycles. The molecule has 8 heteroatoms. The van der Waals surface area contributed by atoms with Gasteiger partial charge in [0.25, 0.3) is 5.91 Å². The van der Waals surface area contributed by atoms with Gasteiger partial charge >= 0.3 is 0 Å². The second-order valence-electron chi connectivity index (χ2n) is 9.12. The third kappa shape index (κ3) is 5.85. The third-order valence-corrected chi connectivity index (χ3v) is 6.68. The van der Waals surface area contributed by atoms with Gasteiger partial charge in [0, 0.05) is 17.3 Å². The first-order chi connectivity index (χ1) is 17.9. The molecule has 0 aliphatic heterocycles. The van der Waals surface area contributed by atoms with Crippen LogP contribution in [-0.4, -0.2) is 37.9 Å². The van der Waals surface area contributed by atoms with Crippen molar-refractivity contribution in [3.8, 4) is 11.5 Å². The predicted molar refractivity (Wildman–Crippen MR) is 139 cm³/mol. The van der Waals surface area contributed by atoms with E-state index < -0.39 is 11.9 Å². The molecule has 1 aromatic heterocycles. The van der Waals surface area contributed by atoms with Gasteiger partial charge in [0.05, 0.1) is 20.5 Å². The molecule has 0 saturated heterocycles. The molecule has 1 aliphatic rings. The number of methoxy groups -OCH3 is 2. The molecule has 2 aromatic carbocycles. The van der Waals surface area contributed by atoms with E-state index in [1.54, 1.807) is 54.6 Å². The predicted octanol–water partition coefficient (Wildman–Crippen LogP) is 5.34. The Balaban J connectivity index is 1.84. The van der Waals surface area contributed by atoms with Crippen molar-refractivity contribution in [1.82, 2.24) is 5.32 Å². The number of Topliss-reactive ketones (excluding diaryl/α,β-unsaturated/α-hetero) is 1. The van der Waals surface area contributed by atoms with Gasteiger partial charge in [0.2, 0.25) is 5.91 Å². The first-order valence-electron chi connectivity index (χ1n) is 12.4. The van der Waals surface area contributed by atoms with Gasteiger partial charge in [0.15, 0.2) is 23.0 Å². The molecule has 1 heterocycles. The van der Waals surface area contributed by atoms with Gasteiger partial charge in [-0.05, 0) is 73.9 Å². The van der Waals surface area contributed by atoms with Gasteiger partial charge < -0.3 is 19.2 Å². The Morgan fingerprint density at radius 2 is 1.65 bits per heavy atom. The average molecular weight is 505 g/mol. The number of hydrogen-bond acceptors (Lipinski definition) is 6. The summed E-state index contributed by atoms with van der Waals surface area (Å²) < 4.78 is 16.3. The number of carbonyl (C=O) groups is 3. The molecule has 8 nitrogen and oxygen atoms in total. The zero-order valence-electron chi connectivity index (χ0n) is 21.4. The van der Waals surface area contributed by atoms with Crippen LogP contribution in [-0.2, 0) is 4.79 Å². The highest BCUT2D eigenvalue weighted by molar-refractivity contribution is 6.09. The summed E-state index contributed by atoms with van der Waals surface area (Å²) in [5.74, 6) is 0.141. The summed E-state index contributed by atoms with van der Waals surface area (Å²) in [7, 11) is 3.05. The van der Waals surface area contributed by atoms with Gasteiger partial charge in [-0.25, -0.2) is 0 Å². The Morgan fingerprint density at radius 3 is 2.24 bits per heavy atom. The Kier molecular flexibility index (Phi) is 8.28. The summed E-state index contributed by atoms with van der Waals surface area (Å²) in [6.45, 7) is 1.48. The van der Waals surface area contributed by atoms with Crippen LogP contribution in [0.15, 0.2) is 65.3 Å². The molecule has 0 unspecified atom stereocenters. The molecule has 4 rings (SSSR count). The zero-order valence-corrected chi connectivity index (χ0v) is 21.4. The van der Waals surface area contributed by atoms with E-state index in [4.69, 9.17) is 13.9 Å². The number of nitrogens with zero attached hydrogens (tertiary/aromatic N) is 1. The van der Waals surface area contributed by atoms with Crippen molar-refractivity contribution in [1.29, 1.82) is 0 Å². The molecular weight excluding hydrogens is 472 g/mol. The molecular formula is C29H32N2O6. The number of carbonyl (C=O) groups excluding carboxylic acids is 3. The van der Waals surface area contributed by atoms with E-state index in [-0.39, 0.29) is 23.5 Å². The van der Waals surface area contributed by atoms with Crippen molar-refractivity contribution in [2.75, 3.05) is 19.1 Å². The first-order valence-corrected chi connectivity index (χ1v) is 12.4. The highest BCUT2D eigenvalue weighted by atomic mass is 16.5. The molecule has 3 aromatic rings. The SMILES string of the molecule is COc1ccc([C@@H](C(=O)NC2CCCCC2)N(C(=O)c2ccco2)c2ccc(C(C)=O)cc2)cc1OC. The highest BCUT2D eigenvalue weighted by Gasteiger charge is 2.36. The molecule has 1 atom stereocenters. The third-order valence-electron chi connectivity index (χ3n) is 6.68. The molecule has 0 radical (unpaired) electrons. The lowest BCUT2D eigenvalue weighted by molar-refractivity contribution is -0.123. The maximum atomic E-state index is 14.0. The molecule has 0 bridgehead atoms. The molecule has 0 spiro atoms. The highest BCUT2D eigenvalue weighted by Crippen LogP contribution is 2.36. The van der Waals surface area contributed by atoms with E-state index in [0.29, 0.717) is 28.3 Å².